The predicted molar refractivity (Wildman–Crippen MR) is 56.1 cm³/mol. The largest absolute Gasteiger partial charge is 0.365 e. The minimum atomic E-state index is -0.634. The van der Waals surface area contributed by atoms with Crippen LogP contribution in [0.2, 0.25) is 0 Å². The van der Waals surface area contributed by atoms with Crippen LogP contribution in [0.25, 0.3) is 0 Å². The van der Waals surface area contributed by atoms with Gasteiger partial charge >= 0.3 is 0 Å². The molecule has 0 spiro atoms. The molecule has 0 aromatic carbocycles. The van der Waals surface area contributed by atoms with Crippen molar-refractivity contribution in [1.29, 1.82) is 0 Å². The quantitative estimate of drug-likeness (QED) is 0.867. The lowest BCUT2D eigenvalue weighted by atomic mass is 10.2. The molecule has 0 aliphatic carbocycles. The van der Waals surface area contributed by atoms with E-state index in [4.69, 9.17) is 22.1 Å². The first kappa shape index (κ1) is 11.0. The van der Waals surface area contributed by atoms with Crippen molar-refractivity contribution in [3.8, 4) is 0 Å². The number of hydrogen-bond donors (Lipinski definition) is 1. The lowest BCUT2D eigenvalue weighted by molar-refractivity contribution is 0.0998. The number of ether oxygens (including phenoxy) is 1. The van der Waals surface area contributed by atoms with Crippen LogP contribution in [0.1, 0.15) is 20.8 Å². The molecule has 0 radical (unpaired) electrons. The Morgan fingerprint density at radius 3 is 2.92 bits per heavy atom. The van der Waals surface area contributed by atoms with E-state index in [0.29, 0.717) is 10.4 Å². The zero-order valence-electron chi connectivity index (χ0n) is 6.71. The van der Waals surface area contributed by atoms with Crippen molar-refractivity contribution >= 4 is 44.8 Å². The Morgan fingerprint density at radius 2 is 2.46 bits per heavy atom. The zero-order valence-corrected chi connectivity index (χ0v) is 9.87. The standard InChI is InChI=1S/C7H7BrClNO2S/c1-12-6(9)3-2-4(8)13-5(3)7(10)11/h2,6H,1H3,(H2,10,11). The fourth-order valence-electron chi connectivity index (χ4n) is 0.862. The number of amides is 1. The van der Waals surface area contributed by atoms with Gasteiger partial charge in [0.05, 0.1) is 8.66 Å². The lowest BCUT2D eigenvalue weighted by Crippen LogP contribution is -2.12. The van der Waals surface area contributed by atoms with Crippen LogP contribution in [-0.2, 0) is 4.74 Å². The van der Waals surface area contributed by atoms with E-state index in [1.54, 1.807) is 6.07 Å². The second kappa shape index (κ2) is 4.41. The smallest absolute Gasteiger partial charge is 0.259 e. The maximum atomic E-state index is 11.0. The highest BCUT2D eigenvalue weighted by Gasteiger charge is 2.18. The summed E-state index contributed by atoms with van der Waals surface area (Å²) in [5, 5.41) is 0. The third-order valence-electron chi connectivity index (χ3n) is 1.41. The summed E-state index contributed by atoms with van der Waals surface area (Å²) in [7, 11) is 1.47. The number of rotatable bonds is 3. The van der Waals surface area contributed by atoms with Gasteiger partial charge in [0.15, 0.2) is 5.56 Å². The lowest BCUT2D eigenvalue weighted by Gasteiger charge is -2.05. The molecule has 72 valence electrons. The van der Waals surface area contributed by atoms with Gasteiger partial charge in [0.2, 0.25) is 0 Å². The highest BCUT2D eigenvalue weighted by atomic mass is 79.9. The molecule has 1 heterocycles. The first-order valence-electron chi connectivity index (χ1n) is 3.32. The second-order valence-electron chi connectivity index (χ2n) is 2.25. The Bertz CT molecular complexity index is 328. The fourth-order valence-corrected chi connectivity index (χ4v) is 2.60. The van der Waals surface area contributed by atoms with Gasteiger partial charge in [0.1, 0.15) is 0 Å². The summed E-state index contributed by atoms with van der Waals surface area (Å²) in [6, 6.07) is 1.73. The maximum absolute atomic E-state index is 11.0. The van der Waals surface area contributed by atoms with E-state index in [1.807, 2.05) is 0 Å². The summed E-state index contributed by atoms with van der Waals surface area (Å²) in [4.78, 5) is 11.4. The molecule has 1 aromatic rings. The van der Waals surface area contributed by atoms with Gasteiger partial charge in [-0.05, 0) is 22.0 Å². The molecule has 2 N–H and O–H groups in total. The number of carbonyl (C=O) groups is 1. The van der Waals surface area contributed by atoms with Crippen molar-refractivity contribution in [3.63, 3.8) is 0 Å². The summed E-state index contributed by atoms with van der Waals surface area (Å²) >= 11 is 10.3. The summed E-state index contributed by atoms with van der Waals surface area (Å²) < 4.78 is 5.69. The number of thiophene rings is 1. The van der Waals surface area contributed by atoms with E-state index in [-0.39, 0.29) is 0 Å². The molecule has 6 heteroatoms. The second-order valence-corrected chi connectivity index (χ2v) is 5.08. The Hall–Kier alpha value is -0.100. The summed E-state index contributed by atoms with van der Waals surface area (Å²) in [5.74, 6) is -0.492. The Labute approximate surface area is 93.0 Å². The van der Waals surface area contributed by atoms with Gasteiger partial charge in [-0.2, -0.15) is 0 Å². The first-order valence-corrected chi connectivity index (χ1v) is 5.36. The van der Waals surface area contributed by atoms with Crippen LogP contribution in [0.4, 0.5) is 0 Å². The van der Waals surface area contributed by atoms with Gasteiger partial charge in [-0.25, -0.2) is 0 Å². The predicted octanol–water partition coefficient (Wildman–Crippen LogP) is 2.49. The number of carbonyl (C=O) groups excluding carboxylic acids is 1. The van der Waals surface area contributed by atoms with E-state index in [0.717, 1.165) is 3.79 Å². The van der Waals surface area contributed by atoms with Gasteiger partial charge in [0, 0.05) is 12.7 Å². The van der Waals surface area contributed by atoms with Crippen LogP contribution < -0.4 is 5.73 Å². The van der Waals surface area contributed by atoms with Crippen molar-refractivity contribution in [2.75, 3.05) is 7.11 Å². The topological polar surface area (TPSA) is 52.3 Å². The number of primary amides is 1. The third-order valence-corrected chi connectivity index (χ3v) is 3.49. The van der Waals surface area contributed by atoms with Crippen LogP contribution in [0.5, 0.6) is 0 Å². The number of alkyl halides is 1. The van der Waals surface area contributed by atoms with Crippen LogP contribution in [0.3, 0.4) is 0 Å². The fraction of sp³-hybridized carbons (Fsp3) is 0.286. The first-order chi connectivity index (χ1) is 6.06. The minimum absolute atomic E-state index is 0.425. The molecule has 1 rings (SSSR count). The number of hydrogen-bond acceptors (Lipinski definition) is 3. The molecule has 3 nitrogen and oxygen atoms in total. The average Bonchev–Trinajstić information content (AvgIpc) is 2.46. The van der Waals surface area contributed by atoms with Gasteiger partial charge in [-0.1, -0.05) is 11.6 Å². The van der Waals surface area contributed by atoms with Crippen LogP contribution in [0.15, 0.2) is 9.85 Å². The molecule has 0 bridgehead atoms. The molecule has 0 fully saturated rings. The van der Waals surface area contributed by atoms with Crippen molar-refractivity contribution in [3.05, 3.63) is 20.3 Å². The third kappa shape index (κ3) is 2.43. The summed E-state index contributed by atoms with van der Waals surface area (Å²) in [6.45, 7) is 0. The number of methoxy groups -OCH3 is 1. The molecule has 0 saturated heterocycles. The van der Waals surface area contributed by atoms with E-state index in [9.17, 15) is 4.79 Å². The Morgan fingerprint density at radius 1 is 1.85 bits per heavy atom. The summed E-state index contributed by atoms with van der Waals surface area (Å²) in [5.41, 5.74) is 5.13. The maximum Gasteiger partial charge on any atom is 0.259 e. The average molecular weight is 285 g/mol. The molecule has 1 atom stereocenters. The molecule has 1 unspecified atom stereocenters. The molecule has 1 amide bonds. The molecule has 0 aliphatic heterocycles. The van der Waals surface area contributed by atoms with Crippen LogP contribution >= 0.6 is 38.9 Å². The van der Waals surface area contributed by atoms with Crippen molar-refractivity contribution in [2.24, 2.45) is 5.73 Å². The van der Waals surface area contributed by atoms with E-state index in [2.05, 4.69) is 15.9 Å². The molecule has 1 aromatic heterocycles. The minimum Gasteiger partial charge on any atom is -0.365 e. The normalized spacial score (nSPS) is 12.8. The van der Waals surface area contributed by atoms with Crippen molar-refractivity contribution < 1.29 is 9.53 Å². The monoisotopic (exact) mass is 283 g/mol. The zero-order chi connectivity index (χ0) is 10.0. The highest BCUT2D eigenvalue weighted by Crippen LogP contribution is 2.34. The highest BCUT2D eigenvalue weighted by molar-refractivity contribution is 9.11. The van der Waals surface area contributed by atoms with E-state index >= 15 is 0 Å². The van der Waals surface area contributed by atoms with Gasteiger partial charge in [-0.3, -0.25) is 4.79 Å². The van der Waals surface area contributed by atoms with E-state index < -0.39 is 11.5 Å². The van der Waals surface area contributed by atoms with Crippen LogP contribution in [-0.4, -0.2) is 13.0 Å². The Kier molecular flexibility index (Phi) is 3.73. The molecule has 13 heavy (non-hydrogen) atoms. The Balaban J connectivity index is 3.11. The van der Waals surface area contributed by atoms with E-state index in [1.165, 1.54) is 18.4 Å². The molecule has 0 aliphatic rings. The van der Waals surface area contributed by atoms with Crippen molar-refractivity contribution in [1.82, 2.24) is 0 Å². The molecule has 0 saturated carbocycles. The van der Waals surface area contributed by atoms with Gasteiger partial charge in [-0.15, -0.1) is 11.3 Å². The number of halogens is 2. The van der Waals surface area contributed by atoms with Crippen molar-refractivity contribution in [2.45, 2.75) is 5.56 Å². The van der Waals surface area contributed by atoms with Gasteiger partial charge < -0.3 is 10.5 Å². The van der Waals surface area contributed by atoms with Gasteiger partial charge in [0.25, 0.3) is 5.91 Å². The molecular weight excluding hydrogens is 278 g/mol. The molecular formula is C7H7BrClNO2S. The summed E-state index contributed by atoms with van der Waals surface area (Å²) in [6.07, 6.45) is 0. The SMILES string of the molecule is COC(Cl)c1cc(Br)sc1C(N)=O. The van der Waals surface area contributed by atoms with Crippen LogP contribution in [0, 0.1) is 0 Å². The number of nitrogens with two attached hydrogens (primary N) is 1.